The van der Waals surface area contributed by atoms with Crippen molar-refractivity contribution in [3.05, 3.63) is 35.3 Å². The van der Waals surface area contributed by atoms with Gasteiger partial charge in [0.05, 0.1) is 32.1 Å². The van der Waals surface area contributed by atoms with Gasteiger partial charge in [-0.1, -0.05) is 0 Å². The average Bonchev–Trinajstić information content (AvgIpc) is 3.54. The number of anilines is 1. The predicted octanol–water partition coefficient (Wildman–Crippen LogP) is 4.29. The van der Waals surface area contributed by atoms with Gasteiger partial charge in [0.2, 0.25) is 0 Å². The number of aromatic nitrogens is 3. The van der Waals surface area contributed by atoms with Crippen LogP contribution in [0, 0.1) is 11.6 Å². The maximum absolute atomic E-state index is 15.3. The second-order valence-corrected chi connectivity index (χ2v) is 9.05. The topological polar surface area (TPSA) is 95.7 Å². The highest BCUT2D eigenvalue weighted by Crippen LogP contribution is 2.39. The van der Waals surface area contributed by atoms with Crippen molar-refractivity contribution in [2.24, 2.45) is 0 Å². The molecule has 4 heterocycles. The molecule has 0 bridgehead atoms. The van der Waals surface area contributed by atoms with E-state index in [-0.39, 0.29) is 28.8 Å². The Hall–Kier alpha value is -3.31. The van der Waals surface area contributed by atoms with Gasteiger partial charge in [-0.05, 0) is 50.5 Å². The molecule has 2 saturated heterocycles. The number of hydrogen-bond acceptors (Lipinski definition) is 8. The highest BCUT2D eigenvalue weighted by molar-refractivity contribution is 5.92. The van der Waals surface area contributed by atoms with Gasteiger partial charge in [-0.2, -0.15) is 0 Å². The van der Waals surface area contributed by atoms with E-state index >= 15 is 8.78 Å². The van der Waals surface area contributed by atoms with E-state index in [0.29, 0.717) is 48.5 Å². The number of nitrogens with one attached hydrogen (secondary N) is 1. The third-order valence-electron chi connectivity index (χ3n) is 6.76. The monoisotopic (exact) mass is 499 g/mol. The molecule has 0 aliphatic carbocycles. The molecule has 36 heavy (non-hydrogen) atoms. The van der Waals surface area contributed by atoms with Gasteiger partial charge in [0, 0.05) is 42.8 Å². The maximum atomic E-state index is 15.3. The fraction of sp³-hybridized carbons (Fsp3) is 0.480. The number of likely N-dealkylation sites (tertiary alicyclic amines) is 1. The van der Waals surface area contributed by atoms with Crippen molar-refractivity contribution in [3.63, 3.8) is 0 Å². The second kappa shape index (κ2) is 10.4. The molecule has 2 atom stereocenters. The number of ether oxygens (including phenoxy) is 3. The van der Waals surface area contributed by atoms with Crippen molar-refractivity contribution in [1.29, 1.82) is 0 Å². The molecular weight excluding hydrogens is 470 g/mol. The highest BCUT2D eigenvalue weighted by Gasteiger charge is 2.25. The lowest BCUT2D eigenvalue weighted by atomic mass is 10.1. The summed E-state index contributed by atoms with van der Waals surface area (Å²) in [6.45, 7) is 2.83. The number of methoxy groups -OCH3 is 2. The molecule has 192 valence electrons. The van der Waals surface area contributed by atoms with Crippen molar-refractivity contribution in [2.45, 2.75) is 31.3 Å². The van der Waals surface area contributed by atoms with Gasteiger partial charge in [0.15, 0.2) is 23.1 Å². The first-order chi connectivity index (χ1) is 17.5. The van der Waals surface area contributed by atoms with Crippen LogP contribution in [0.3, 0.4) is 0 Å². The van der Waals surface area contributed by atoms with E-state index in [0.717, 1.165) is 25.8 Å². The Labute approximate surface area is 208 Å². The van der Waals surface area contributed by atoms with Gasteiger partial charge in [0.1, 0.15) is 5.82 Å². The lowest BCUT2D eigenvalue weighted by molar-refractivity contribution is 0.196. The molecule has 0 amide bonds. The molecule has 2 aliphatic heterocycles. The van der Waals surface area contributed by atoms with Crippen molar-refractivity contribution in [1.82, 2.24) is 19.9 Å². The molecule has 0 saturated carbocycles. The summed E-state index contributed by atoms with van der Waals surface area (Å²) in [6.07, 6.45) is 4.58. The van der Waals surface area contributed by atoms with Crippen molar-refractivity contribution in [2.75, 3.05) is 52.9 Å². The number of nitrogens with zero attached hydrogens (tertiary/aromatic N) is 5. The lowest BCUT2D eigenvalue weighted by Crippen LogP contribution is -2.31. The van der Waals surface area contributed by atoms with Gasteiger partial charge in [0.25, 0.3) is 0 Å². The normalized spacial score (nSPS) is 20.1. The van der Waals surface area contributed by atoms with E-state index in [1.165, 1.54) is 20.3 Å². The summed E-state index contributed by atoms with van der Waals surface area (Å²) in [5.41, 5.74) is 0.267. The Morgan fingerprint density at radius 1 is 1.14 bits per heavy atom. The van der Waals surface area contributed by atoms with Crippen LogP contribution in [0.1, 0.15) is 19.3 Å². The van der Waals surface area contributed by atoms with Gasteiger partial charge in [-0.25, -0.2) is 13.8 Å². The van der Waals surface area contributed by atoms with Crippen LogP contribution >= 0.6 is 0 Å². The Balaban J connectivity index is 1.59. The number of hydrogen-bond donors (Lipinski definition) is 1. The van der Waals surface area contributed by atoms with Crippen molar-refractivity contribution in [3.8, 4) is 22.8 Å². The fourth-order valence-electron chi connectivity index (χ4n) is 4.69. The Kier molecular flexibility index (Phi) is 7.01. The zero-order valence-electron chi connectivity index (χ0n) is 20.6. The van der Waals surface area contributed by atoms with E-state index in [1.54, 1.807) is 12.3 Å². The van der Waals surface area contributed by atoms with Crippen LogP contribution in [-0.2, 0) is 4.74 Å². The molecule has 2 aromatic heterocycles. The van der Waals surface area contributed by atoms with Gasteiger partial charge >= 0.3 is 0 Å². The number of halogens is 2. The number of benzene rings is 1. The van der Waals surface area contributed by atoms with Crippen LogP contribution in [0.4, 0.5) is 20.5 Å². The van der Waals surface area contributed by atoms with E-state index in [2.05, 4.69) is 37.5 Å². The summed E-state index contributed by atoms with van der Waals surface area (Å²) in [5, 5.41) is 8.53. The second-order valence-electron chi connectivity index (χ2n) is 9.05. The van der Waals surface area contributed by atoms with E-state index < -0.39 is 11.6 Å². The van der Waals surface area contributed by atoms with Gasteiger partial charge in [-0.15, -0.1) is 0 Å². The maximum Gasteiger partial charge on any atom is 0.177 e. The molecule has 0 spiro atoms. The largest absolute Gasteiger partial charge is 0.494 e. The SMILES string of the molecule is COc1cc(OC)c(F)c(-c2cc3cnc([N-]C4CCOC4)nc3c(NCC3CCCN3C)n2)c1F. The molecule has 0 radical (unpaired) electrons. The Bertz CT molecular complexity index is 1230. The molecule has 1 aromatic carbocycles. The first-order valence-electron chi connectivity index (χ1n) is 12.0. The molecular formula is C25H29F2N6O3-. The van der Waals surface area contributed by atoms with Crippen LogP contribution in [-0.4, -0.2) is 79.5 Å². The number of pyridine rings is 1. The molecule has 2 unspecified atom stereocenters. The standard InChI is InChI=1S/C25H29F2N6O3/c1-33-7-4-5-16(33)12-28-24-23-14(11-29-25(32-23)30-15-6-8-36-13-15)9-17(31-24)20-21(26)18(34-2)10-19(35-3)22(20)27/h9-11,15-16H,4-8,12-13H2,1-3H3,(H-,28,29,30,31,32)/q-1. The number of likely N-dealkylation sites (N-methyl/N-ethyl adjacent to an activating group) is 1. The molecule has 2 fully saturated rings. The van der Waals surface area contributed by atoms with Crippen molar-refractivity contribution >= 4 is 22.7 Å². The van der Waals surface area contributed by atoms with E-state index in [1.807, 2.05) is 0 Å². The zero-order valence-corrected chi connectivity index (χ0v) is 20.6. The summed E-state index contributed by atoms with van der Waals surface area (Å²) in [6, 6.07) is 3.06. The molecule has 11 heteroatoms. The quantitative estimate of drug-likeness (QED) is 0.491. The molecule has 5 rings (SSSR count). The first-order valence-corrected chi connectivity index (χ1v) is 12.0. The summed E-state index contributed by atoms with van der Waals surface area (Å²) >= 11 is 0. The third-order valence-corrected chi connectivity index (χ3v) is 6.76. The minimum atomic E-state index is -0.863. The Morgan fingerprint density at radius 2 is 1.92 bits per heavy atom. The summed E-state index contributed by atoms with van der Waals surface area (Å²) < 4.78 is 46.2. The third kappa shape index (κ3) is 4.72. The van der Waals surface area contributed by atoms with Crippen LogP contribution in [0.25, 0.3) is 27.5 Å². The highest BCUT2D eigenvalue weighted by atomic mass is 19.1. The Morgan fingerprint density at radius 3 is 2.56 bits per heavy atom. The van der Waals surface area contributed by atoms with Crippen LogP contribution in [0.2, 0.25) is 0 Å². The summed E-state index contributed by atoms with van der Waals surface area (Å²) in [5.74, 6) is -1.28. The van der Waals surface area contributed by atoms with Gasteiger partial charge in [-0.3, -0.25) is 0 Å². The smallest absolute Gasteiger partial charge is 0.177 e. The van der Waals surface area contributed by atoms with Crippen LogP contribution < -0.4 is 14.8 Å². The number of fused-ring (bicyclic) bond motifs is 1. The van der Waals surface area contributed by atoms with Crippen LogP contribution in [0.5, 0.6) is 11.5 Å². The number of rotatable bonds is 8. The van der Waals surface area contributed by atoms with Crippen molar-refractivity contribution < 1.29 is 23.0 Å². The first kappa shape index (κ1) is 24.4. The molecule has 3 aromatic rings. The van der Waals surface area contributed by atoms with Gasteiger partial charge < -0.3 is 39.7 Å². The fourth-order valence-corrected chi connectivity index (χ4v) is 4.69. The van der Waals surface area contributed by atoms with Crippen LogP contribution in [0.15, 0.2) is 18.3 Å². The summed E-state index contributed by atoms with van der Waals surface area (Å²) in [7, 11) is 4.71. The van der Waals surface area contributed by atoms with E-state index in [9.17, 15) is 0 Å². The van der Waals surface area contributed by atoms with E-state index in [4.69, 9.17) is 14.2 Å². The summed E-state index contributed by atoms with van der Waals surface area (Å²) in [4.78, 5) is 15.9. The zero-order chi connectivity index (χ0) is 25.2. The molecule has 2 aliphatic rings. The minimum absolute atomic E-state index is 0.00525. The molecule has 9 nitrogen and oxygen atoms in total. The lowest BCUT2D eigenvalue weighted by Gasteiger charge is -2.23. The predicted molar refractivity (Wildman–Crippen MR) is 132 cm³/mol. The minimum Gasteiger partial charge on any atom is -0.494 e. The molecule has 1 N–H and O–H groups in total. The average molecular weight is 500 g/mol.